The van der Waals surface area contributed by atoms with Crippen molar-refractivity contribution >= 4 is 23.0 Å². The summed E-state index contributed by atoms with van der Waals surface area (Å²) in [7, 11) is 0. The molecule has 0 unspecified atom stereocenters. The average Bonchev–Trinajstić information content (AvgIpc) is 2.82. The van der Waals surface area contributed by atoms with Crippen LogP contribution in [0.2, 0.25) is 0 Å². The molecule has 0 aliphatic carbocycles. The third kappa shape index (κ3) is 1.97. The molecule has 2 aromatic rings. The zero-order valence-corrected chi connectivity index (χ0v) is 10.6. The standard InChI is InChI=1S/C15H13FN2O2/c16-11-3-1-9-5-6-18(13(9)8-11)14-7-10(15(19)20)2-4-12(14)17/h1-4,7-8H,5-6,17H2,(H,19,20). The first-order valence-electron chi connectivity index (χ1n) is 6.25. The number of carboxylic acid groups (broad SMARTS) is 1. The summed E-state index contributed by atoms with van der Waals surface area (Å²) in [6, 6.07) is 9.19. The monoisotopic (exact) mass is 272 g/mol. The number of nitrogens with zero attached hydrogens (tertiary/aromatic N) is 1. The lowest BCUT2D eigenvalue weighted by molar-refractivity contribution is 0.0697. The van der Waals surface area contributed by atoms with Gasteiger partial charge in [-0.25, -0.2) is 9.18 Å². The highest BCUT2D eigenvalue weighted by Crippen LogP contribution is 2.38. The van der Waals surface area contributed by atoms with Gasteiger partial charge in [-0.15, -0.1) is 0 Å². The number of aromatic carboxylic acids is 1. The maximum absolute atomic E-state index is 13.4. The number of fused-ring (bicyclic) bond motifs is 1. The molecule has 0 saturated carbocycles. The van der Waals surface area contributed by atoms with Gasteiger partial charge in [0.2, 0.25) is 0 Å². The van der Waals surface area contributed by atoms with Gasteiger partial charge in [0.25, 0.3) is 0 Å². The van der Waals surface area contributed by atoms with Crippen molar-refractivity contribution in [3.8, 4) is 0 Å². The zero-order chi connectivity index (χ0) is 14.3. The summed E-state index contributed by atoms with van der Waals surface area (Å²) in [6.07, 6.45) is 0.784. The molecule has 0 spiro atoms. The Morgan fingerprint density at radius 1 is 1.20 bits per heavy atom. The number of nitrogen functional groups attached to an aromatic ring is 1. The van der Waals surface area contributed by atoms with Gasteiger partial charge in [-0.05, 0) is 42.3 Å². The van der Waals surface area contributed by atoms with Gasteiger partial charge in [0, 0.05) is 12.2 Å². The maximum Gasteiger partial charge on any atom is 0.335 e. The molecule has 0 fully saturated rings. The molecule has 1 heterocycles. The van der Waals surface area contributed by atoms with Gasteiger partial charge in [0.05, 0.1) is 16.9 Å². The largest absolute Gasteiger partial charge is 0.478 e. The number of hydrogen-bond donors (Lipinski definition) is 2. The van der Waals surface area contributed by atoms with E-state index in [1.165, 1.54) is 24.3 Å². The van der Waals surface area contributed by atoms with Crippen LogP contribution in [0.3, 0.4) is 0 Å². The van der Waals surface area contributed by atoms with Crippen LogP contribution in [0.15, 0.2) is 36.4 Å². The highest BCUT2D eigenvalue weighted by molar-refractivity contribution is 5.91. The van der Waals surface area contributed by atoms with E-state index in [4.69, 9.17) is 10.8 Å². The second kappa shape index (κ2) is 4.52. The first-order chi connectivity index (χ1) is 9.56. The molecule has 0 bridgehead atoms. The summed E-state index contributed by atoms with van der Waals surface area (Å²) >= 11 is 0. The lowest BCUT2D eigenvalue weighted by Gasteiger charge is -2.21. The number of carboxylic acids is 1. The Kier molecular flexibility index (Phi) is 2.82. The second-order valence-electron chi connectivity index (χ2n) is 4.75. The van der Waals surface area contributed by atoms with Crippen molar-refractivity contribution in [1.29, 1.82) is 0 Å². The van der Waals surface area contributed by atoms with Gasteiger partial charge < -0.3 is 15.7 Å². The minimum absolute atomic E-state index is 0.166. The van der Waals surface area contributed by atoms with Gasteiger partial charge >= 0.3 is 5.97 Å². The average molecular weight is 272 g/mol. The van der Waals surface area contributed by atoms with E-state index in [1.54, 1.807) is 12.1 Å². The van der Waals surface area contributed by atoms with Crippen LogP contribution in [0.25, 0.3) is 0 Å². The minimum Gasteiger partial charge on any atom is -0.478 e. The minimum atomic E-state index is -1.01. The van der Waals surface area contributed by atoms with Crippen molar-refractivity contribution in [3.05, 3.63) is 53.3 Å². The van der Waals surface area contributed by atoms with Gasteiger partial charge in [0.15, 0.2) is 0 Å². The molecule has 1 aliphatic heterocycles. The van der Waals surface area contributed by atoms with Crippen molar-refractivity contribution in [1.82, 2.24) is 0 Å². The predicted octanol–water partition coefficient (Wildman–Crippen LogP) is 2.80. The number of anilines is 3. The summed E-state index contributed by atoms with van der Waals surface area (Å²) in [6.45, 7) is 0.659. The van der Waals surface area contributed by atoms with E-state index in [-0.39, 0.29) is 11.4 Å². The van der Waals surface area contributed by atoms with Gasteiger partial charge in [-0.1, -0.05) is 6.07 Å². The van der Waals surface area contributed by atoms with Crippen LogP contribution in [-0.2, 0) is 6.42 Å². The van der Waals surface area contributed by atoms with E-state index in [0.717, 1.165) is 17.7 Å². The second-order valence-corrected chi connectivity index (χ2v) is 4.75. The molecule has 20 heavy (non-hydrogen) atoms. The fourth-order valence-electron chi connectivity index (χ4n) is 2.51. The van der Waals surface area contributed by atoms with Crippen LogP contribution in [0, 0.1) is 5.82 Å². The van der Waals surface area contributed by atoms with Crippen LogP contribution < -0.4 is 10.6 Å². The van der Waals surface area contributed by atoms with Crippen LogP contribution in [0.5, 0.6) is 0 Å². The van der Waals surface area contributed by atoms with Crippen LogP contribution in [-0.4, -0.2) is 17.6 Å². The number of rotatable bonds is 2. The quantitative estimate of drug-likeness (QED) is 0.825. The number of hydrogen-bond acceptors (Lipinski definition) is 3. The molecule has 102 valence electrons. The summed E-state index contributed by atoms with van der Waals surface area (Å²) < 4.78 is 13.4. The van der Waals surface area contributed by atoms with Gasteiger partial charge in [0.1, 0.15) is 5.82 Å². The molecule has 0 saturated heterocycles. The van der Waals surface area contributed by atoms with E-state index in [9.17, 15) is 9.18 Å². The summed E-state index contributed by atoms with van der Waals surface area (Å²) in [5.41, 5.74) is 8.97. The van der Waals surface area contributed by atoms with Gasteiger partial charge in [-0.3, -0.25) is 0 Å². The summed E-state index contributed by atoms with van der Waals surface area (Å²) in [4.78, 5) is 12.9. The third-order valence-corrected chi connectivity index (χ3v) is 3.51. The van der Waals surface area contributed by atoms with E-state index >= 15 is 0 Å². The number of carbonyl (C=O) groups is 1. The first kappa shape index (κ1) is 12.5. The van der Waals surface area contributed by atoms with Crippen molar-refractivity contribution in [2.24, 2.45) is 0 Å². The van der Waals surface area contributed by atoms with Crippen molar-refractivity contribution in [2.75, 3.05) is 17.2 Å². The Bertz CT molecular complexity index is 700. The van der Waals surface area contributed by atoms with Crippen molar-refractivity contribution < 1.29 is 14.3 Å². The van der Waals surface area contributed by atoms with Crippen LogP contribution in [0.1, 0.15) is 15.9 Å². The Labute approximate surface area is 115 Å². The molecule has 4 nitrogen and oxygen atoms in total. The molecule has 0 aromatic heterocycles. The maximum atomic E-state index is 13.4. The highest BCUT2D eigenvalue weighted by atomic mass is 19.1. The van der Waals surface area contributed by atoms with Crippen LogP contribution in [0.4, 0.5) is 21.5 Å². The molecule has 0 atom stereocenters. The Morgan fingerprint density at radius 2 is 2.00 bits per heavy atom. The molecule has 3 N–H and O–H groups in total. The summed E-state index contributed by atoms with van der Waals surface area (Å²) in [5, 5.41) is 9.06. The van der Waals surface area contributed by atoms with E-state index in [2.05, 4.69) is 0 Å². The fourth-order valence-corrected chi connectivity index (χ4v) is 2.51. The molecule has 0 radical (unpaired) electrons. The fraction of sp³-hybridized carbons (Fsp3) is 0.133. The van der Waals surface area contributed by atoms with E-state index in [0.29, 0.717) is 17.9 Å². The zero-order valence-electron chi connectivity index (χ0n) is 10.6. The normalized spacial score (nSPS) is 13.3. The number of halogens is 1. The SMILES string of the molecule is Nc1ccc(C(=O)O)cc1N1CCc2ccc(F)cc21. The molecule has 1 aliphatic rings. The molecule has 3 rings (SSSR count). The Hall–Kier alpha value is -2.56. The lowest BCUT2D eigenvalue weighted by Crippen LogP contribution is -2.16. The highest BCUT2D eigenvalue weighted by Gasteiger charge is 2.23. The molecule has 5 heteroatoms. The summed E-state index contributed by atoms with van der Waals surface area (Å²) in [5.74, 6) is -1.33. The topological polar surface area (TPSA) is 66.6 Å². The number of benzene rings is 2. The van der Waals surface area contributed by atoms with Gasteiger partial charge in [-0.2, -0.15) is 0 Å². The first-order valence-corrected chi connectivity index (χ1v) is 6.25. The smallest absolute Gasteiger partial charge is 0.335 e. The van der Waals surface area contributed by atoms with Crippen molar-refractivity contribution in [2.45, 2.75) is 6.42 Å². The molecule has 2 aromatic carbocycles. The van der Waals surface area contributed by atoms with E-state index in [1.807, 2.05) is 4.90 Å². The predicted molar refractivity (Wildman–Crippen MR) is 74.9 cm³/mol. The van der Waals surface area contributed by atoms with Crippen molar-refractivity contribution in [3.63, 3.8) is 0 Å². The van der Waals surface area contributed by atoms with Crippen LogP contribution >= 0.6 is 0 Å². The Morgan fingerprint density at radius 3 is 2.75 bits per heavy atom. The molecular formula is C15H13FN2O2. The Balaban J connectivity index is 2.10. The van der Waals surface area contributed by atoms with E-state index < -0.39 is 5.97 Å². The third-order valence-electron chi connectivity index (χ3n) is 3.51. The number of nitrogens with two attached hydrogens (primary N) is 1. The molecular weight excluding hydrogens is 259 g/mol. The molecule has 0 amide bonds. The lowest BCUT2D eigenvalue weighted by atomic mass is 10.1.